The average molecular weight is 257 g/mol. The van der Waals surface area contributed by atoms with E-state index < -0.39 is 5.97 Å². The molecule has 3 nitrogen and oxygen atoms in total. The minimum Gasteiger partial charge on any atom is -0.477 e. The number of carboxylic acids is 1. The van der Waals surface area contributed by atoms with E-state index in [2.05, 4.69) is 40.0 Å². The van der Waals surface area contributed by atoms with Crippen molar-refractivity contribution >= 4 is 17.3 Å². The van der Waals surface area contributed by atoms with Crippen LogP contribution in [0.4, 0.5) is 0 Å². The summed E-state index contributed by atoms with van der Waals surface area (Å²) in [6.45, 7) is 0. The largest absolute Gasteiger partial charge is 0.477 e. The van der Waals surface area contributed by atoms with Gasteiger partial charge in [0, 0.05) is 6.20 Å². The van der Waals surface area contributed by atoms with Gasteiger partial charge in [0.15, 0.2) is 0 Å². The maximum atomic E-state index is 10.1. The third-order valence-corrected chi connectivity index (χ3v) is 2.97. The maximum absolute atomic E-state index is 10.1. The molecule has 0 bridgehead atoms. The number of pyridine rings is 1. The van der Waals surface area contributed by atoms with Gasteiger partial charge in [0.2, 0.25) is 0 Å². The van der Waals surface area contributed by atoms with E-state index in [-0.39, 0.29) is 5.69 Å². The monoisotopic (exact) mass is 257 g/mol. The van der Waals surface area contributed by atoms with Gasteiger partial charge in [-0.3, -0.25) is 0 Å². The van der Waals surface area contributed by atoms with Gasteiger partial charge in [0.05, 0.1) is 0 Å². The summed E-state index contributed by atoms with van der Waals surface area (Å²) in [6.07, 6.45) is 1.45. The van der Waals surface area contributed by atoms with Crippen LogP contribution in [-0.4, -0.2) is 16.1 Å². The van der Waals surface area contributed by atoms with Gasteiger partial charge in [0.25, 0.3) is 0 Å². The Balaban J connectivity index is 0.000000134. The molecule has 0 radical (unpaired) electrons. The second kappa shape index (κ2) is 5.93. The van der Waals surface area contributed by atoms with E-state index in [0.717, 1.165) is 0 Å². The highest BCUT2D eigenvalue weighted by Gasteiger charge is 1.99. The smallest absolute Gasteiger partial charge is 0.354 e. The Labute approximate surface area is 109 Å². The van der Waals surface area contributed by atoms with E-state index in [1.54, 1.807) is 23.5 Å². The van der Waals surface area contributed by atoms with Crippen molar-refractivity contribution in [2.45, 2.75) is 0 Å². The summed E-state index contributed by atoms with van der Waals surface area (Å²) in [7, 11) is 0. The van der Waals surface area contributed by atoms with Crippen molar-refractivity contribution in [1.29, 1.82) is 0 Å². The quantitative estimate of drug-likeness (QED) is 0.724. The van der Waals surface area contributed by atoms with Gasteiger partial charge in [-0.15, -0.1) is 0 Å². The Morgan fingerprint density at radius 2 is 1.89 bits per heavy atom. The van der Waals surface area contributed by atoms with E-state index in [9.17, 15) is 4.79 Å². The molecule has 1 aliphatic carbocycles. The minimum atomic E-state index is -0.990. The van der Waals surface area contributed by atoms with Crippen LogP contribution in [0.15, 0.2) is 59.4 Å². The number of hydrogen-bond donors (Lipinski definition) is 1. The highest BCUT2D eigenvalue weighted by molar-refractivity contribution is 7.07. The third kappa shape index (κ3) is 3.15. The molecule has 4 heteroatoms. The van der Waals surface area contributed by atoms with E-state index in [0.29, 0.717) is 0 Å². The Kier molecular flexibility index (Phi) is 4.04. The molecule has 1 aromatic heterocycles. The molecule has 3 rings (SSSR count). The molecule has 18 heavy (non-hydrogen) atoms. The lowest BCUT2D eigenvalue weighted by Crippen LogP contribution is -1.97. The van der Waals surface area contributed by atoms with Gasteiger partial charge in [-0.25, -0.2) is 9.78 Å². The second-order valence-electron chi connectivity index (χ2n) is 3.51. The molecule has 1 aromatic rings. The summed E-state index contributed by atoms with van der Waals surface area (Å²) in [4.78, 5) is 13.7. The molecule has 1 N–H and O–H groups in total. The molecule has 0 saturated heterocycles. The van der Waals surface area contributed by atoms with Gasteiger partial charge in [-0.1, -0.05) is 24.3 Å². The van der Waals surface area contributed by atoms with Crippen molar-refractivity contribution in [1.82, 2.24) is 4.98 Å². The highest BCUT2D eigenvalue weighted by Crippen LogP contribution is 2.23. The topological polar surface area (TPSA) is 50.2 Å². The molecule has 90 valence electrons. The lowest BCUT2D eigenvalue weighted by Gasteiger charge is -1.91. The van der Waals surface area contributed by atoms with Crippen molar-refractivity contribution in [3.05, 3.63) is 65.1 Å². The molecular formula is C14H11NO2S. The van der Waals surface area contributed by atoms with E-state index in [4.69, 9.17) is 5.11 Å². The first-order valence-electron chi connectivity index (χ1n) is 5.32. The van der Waals surface area contributed by atoms with Gasteiger partial charge in [-0.2, -0.15) is 11.3 Å². The molecule has 0 atom stereocenters. The Morgan fingerprint density at radius 3 is 2.50 bits per heavy atom. The summed E-state index contributed by atoms with van der Waals surface area (Å²) in [6, 6.07) is 13.2. The molecular weight excluding hydrogens is 246 g/mol. The first-order chi connectivity index (χ1) is 8.77. The van der Waals surface area contributed by atoms with E-state index >= 15 is 0 Å². The van der Waals surface area contributed by atoms with E-state index in [1.807, 2.05) is 0 Å². The molecule has 0 aromatic carbocycles. The zero-order chi connectivity index (χ0) is 12.8. The number of carboxylic acid groups (broad SMARTS) is 1. The van der Waals surface area contributed by atoms with Crippen LogP contribution in [0.3, 0.4) is 0 Å². The van der Waals surface area contributed by atoms with Crippen LogP contribution in [-0.2, 0) is 0 Å². The molecule has 2 heterocycles. The summed E-state index contributed by atoms with van der Waals surface area (Å²) >= 11 is 1.74. The molecule has 0 saturated carbocycles. The predicted molar refractivity (Wildman–Crippen MR) is 72.1 cm³/mol. The molecule has 0 amide bonds. The fraction of sp³-hybridized carbons (Fsp3) is 0. The van der Waals surface area contributed by atoms with Crippen LogP contribution in [0.25, 0.3) is 11.1 Å². The second-order valence-corrected chi connectivity index (χ2v) is 4.29. The minimum absolute atomic E-state index is 0.0810. The summed E-state index contributed by atoms with van der Waals surface area (Å²) in [5.74, 6) is -0.990. The average Bonchev–Trinajstić information content (AvgIpc) is 2.89. The zero-order valence-corrected chi connectivity index (χ0v) is 10.3. The van der Waals surface area contributed by atoms with Crippen LogP contribution in [0.5, 0.6) is 0 Å². The normalized spacial score (nSPS) is 9.56. The fourth-order valence-corrected chi connectivity index (χ4v) is 2.09. The number of aromatic carboxylic acids is 1. The summed E-state index contributed by atoms with van der Waals surface area (Å²) in [5.41, 5.74) is 2.77. The van der Waals surface area contributed by atoms with Crippen molar-refractivity contribution in [2.24, 2.45) is 0 Å². The summed E-state index contributed by atoms with van der Waals surface area (Å²) < 4.78 is 0. The van der Waals surface area contributed by atoms with Crippen molar-refractivity contribution < 1.29 is 9.90 Å². The van der Waals surface area contributed by atoms with Crippen molar-refractivity contribution in [2.75, 3.05) is 0 Å². The lowest BCUT2D eigenvalue weighted by atomic mass is 10.2. The van der Waals surface area contributed by atoms with Gasteiger partial charge < -0.3 is 5.11 Å². The molecule has 0 unspecified atom stereocenters. The van der Waals surface area contributed by atoms with Gasteiger partial charge >= 0.3 is 5.97 Å². The van der Waals surface area contributed by atoms with Crippen LogP contribution in [0.1, 0.15) is 10.5 Å². The Hall–Kier alpha value is -2.20. The lowest BCUT2D eigenvalue weighted by molar-refractivity contribution is 0.0690. The van der Waals surface area contributed by atoms with Crippen LogP contribution < -0.4 is 0 Å². The van der Waals surface area contributed by atoms with Crippen LogP contribution in [0, 0.1) is 0 Å². The Morgan fingerprint density at radius 1 is 1.06 bits per heavy atom. The molecule has 1 aliphatic heterocycles. The van der Waals surface area contributed by atoms with Gasteiger partial charge in [-0.05, 0) is 40.1 Å². The Bertz CT molecular complexity index is 565. The third-order valence-electron chi connectivity index (χ3n) is 2.29. The summed E-state index contributed by atoms with van der Waals surface area (Å²) in [5, 5.41) is 12.6. The molecule has 0 spiro atoms. The first kappa shape index (κ1) is 12.3. The number of fused-ring (bicyclic) bond motifs is 1. The number of carbonyl (C=O) groups is 1. The number of nitrogens with zero attached hydrogens (tertiary/aromatic N) is 1. The number of aromatic nitrogens is 1. The highest BCUT2D eigenvalue weighted by atomic mass is 32.1. The van der Waals surface area contributed by atoms with Crippen LogP contribution in [0.2, 0.25) is 0 Å². The predicted octanol–water partition coefficient (Wildman–Crippen LogP) is 3.63. The standard InChI is InChI=1S/C8H6S.C6H5NO2/c1-2-7-4-5-9-6-8(7)3-1;8-6(9)5-3-1-2-4-7-5/h1-6H;1-4H,(H,8,9). The maximum Gasteiger partial charge on any atom is 0.354 e. The van der Waals surface area contributed by atoms with Crippen LogP contribution >= 0.6 is 11.3 Å². The fourth-order valence-electron chi connectivity index (χ4n) is 1.42. The first-order valence-corrected chi connectivity index (χ1v) is 6.27. The zero-order valence-electron chi connectivity index (χ0n) is 9.48. The number of hydrogen-bond acceptors (Lipinski definition) is 3. The van der Waals surface area contributed by atoms with Crippen molar-refractivity contribution in [3.63, 3.8) is 0 Å². The van der Waals surface area contributed by atoms with Gasteiger partial charge in [0.1, 0.15) is 5.69 Å². The molecule has 2 aliphatic rings. The number of rotatable bonds is 1. The van der Waals surface area contributed by atoms with Crippen molar-refractivity contribution in [3.8, 4) is 11.1 Å². The molecule has 0 fully saturated rings. The van der Waals surface area contributed by atoms with E-state index in [1.165, 1.54) is 23.4 Å². The SMILES string of the molecule is O=C(O)c1ccccn1.c1cc2ccscc-2c1.